The predicted octanol–water partition coefficient (Wildman–Crippen LogP) is 3.76. The van der Waals surface area contributed by atoms with E-state index in [-0.39, 0.29) is 24.3 Å². The highest BCUT2D eigenvalue weighted by atomic mass is 35.5. The van der Waals surface area contributed by atoms with Gasteiger partial charge in [0.05, 0.1) is 18.7 Å². The van der Waals surface area contributed by atoms with Crippen molar-refractivity contribution in [3.63, 3.8) is 0 Å². The molecule has 0 saturated carbocycles. The highest BCUT2D eigenvalue weighted by Gasteiger charge is 2.30. The van der Waals surface area contributed by atoms with Crippen molar-refractivity contribution in [2.45, 2.75) is 19.3 Å². The average Bonchev–Trinajstić information content (AvgIpc) is 3.09. The molecular weight excluding hydrogens is 407 g/mol. The molecule has 0 aliphatic rings. The largest absolute Gasteiger partial charge is 0.416 e. The zero-order valence-corrected chi connectivity index (χ0v) is 15.5. The Kier molecular flexibility index (Phi) is 4.83. The lowest BCUT2D eigenvalue weighted by molar-refractivity contribution is -0.137. The third-order valence-corrected chi connectivity index (χ3v) is 4.75. The van der Waals surface area contributed by atoms with E-state index < -0.39 is 17.3 Å². The second-order valence-corrected chi connectivity index (χ2v) is 6.79. The summed E-state index contributed by atoms with van der Waals surface area (Å²) in [6, 6.07) is 12.0. The molecule has 0 N–H and O–H groups in total. The van der Waals surface area contributed by atoms with Crippen LogP contribution in [0.5, 0.6) is 0 Å². The van der Waals surface area contributed by atoms with E-state index in [1.165, 1.54) is 27.7 Å². The van der Waals surface area contributed by atoms with E-state index >= 15 is 0 Å². The van der Waals surface area contributed by atoms with E-state index in [0.717, 1.165) is 17.7 Å². The number of hydrogen-bond acceptors (Lipinski definition) is 4. The topological polar surface area (TPSA) is 65.6 Å². The van der Waals surface area contributed by atoms with Crippen molar-refractivity contribution in [1.82, 2.24) is 24.5 Å². The van der Waals surface area contributed by atoms with Crippen molar-refractivity contribution in [3.8, 4) is 0 Å². The van der Waals surface area contributed by atoms with E-state index in [9.17, 15) is 18.0 Å². The second-order valence-electron chi connectivity index (χ2n) is 6.39. The highest BCUT2D eigenvalue weighted by molar-refractivity contribution is 6.31. The van der Waals surface area contributed by atoms with Crippen LogP contribution in [0.2, 0.25) is 5.02 Å². The molecule has 29 heavy (non-hydrogen) atoms. The maximum absolute atomic E-state index is 12.9. The van der Waals surface area contributed by atoms with Gasteiger partial charge < -0.3 is 0 Å². The monoisotopic (exact) mass is 419 g/mol. The molecule has 10 heteroatoms. The Hall–Kier alpha value is -3.20. The van der Waals surface area contributed by atoms with E-state index in [1.807, 2.05) is 12.1 Å². The van der Waals surface area contributed by atoms with Gasteiger partial charge in [0.2, 0.25) is 0 Å². The minimum atomic E-state index is -4.45. The first-order valence-electron chi connectivity index (χ1n) is 8.51. The van der Waals surface area contributed by atoms with Crippen LogP contribution < -0.4 is 5.56 Å². The number of fused-ring (bicyclic) bond motifs is 1. The normalized spacial score (nSPS) is 11.9. The van der Waals surface area contributed by atoms with Gasteiger partial charge in [-0.3, -0.25) is 9.36 Å². The molecule has 0 fully saturated rings. The Morgan fingerprint density at radius 2 is 1.83 bits per heavy atom. The standard InChI is InChI=1S/C19H13ClF3N5O/c20-15-7-2-1-5-13(15)10-28-17-16(25-26-28)18(29)27(11-24-17)9-12-4-3-6-14(8-12)19(21,22)23/h1-8,11H,9-10H2. The van der Waals surface area contributed by atoms with Crippen molar-refractivity contribution in [2.75, 3.05) is 0 Å². The summed E-state index contributed by atoms with van der Waals surface area (Å²) in [6.45, 7) is 0.212. The van der Waals surface area contributed by atoms with Crippen LogP contribution >= 0.6 is 11.6 Å². The molecule has 0 amide bonds. The molecule has 0 unspecified atom stereocenters. The first kappa shape index (κ1) is 19.1. The first-order chi connectivity index (χ1) is 13.8. The Morgan fingerprint density at radius 3 is 2.59 bits per heavy atom. The highest BCUT2D eigenvalue weighted by Crippen LogP contribution is 2.29. The van der Waals surface area contributed by atoms with Crippen LogP contribution in [0, 0.1) is 0 Å². The molecule has 0 aliphatic carbocycles. The minimum absolute atomic E-state index is 0.0338. The summed E-state index contributed by atoms with van der Waals surface area (Å²) in [5.74, 6) is 0. The van der Waals surface area contributed by atoms with E-state index in [0.29, 0.717) is 10.6 Å². The van der Waals surface area contributed by atoms with Gasteiger partial charge in [0.15, 0.2) is 11.2 Å². The molecule has 148 valence electrons. The van der Waals surface area contributed by atoms with Gasteiger partial charge in [-0.05, 0) is 29.3 Å². The average molecular weight is 420 g/mol. The molecule has 0 spiro atoms. The number of benzene rings is 2. The number of halogens is 4. The first-order valence-corrected chi connectivity index (χ1v) is 8.89. The van der Waals surface area contributed by atoms with Gasteiger partial charge in [-0.1, -0.05) is 47.1 Å². The molecule has 0 radical (unpaired) electrons. The van der Waals surface area contributed by atoms with Gasteiger partial charge in [0.25, 0.3) is 5.56 Å². The Labute approximate surface area is 167 Å². The quantitative estimate of drug-likeness (QED) is 0.505. The summed E-state index contributed by atoms with van der Waals surface area (Å²) in [7, 11) is 0. The smallest absolute Gasteiger partial charge is 0.293 e. The van der Waals surface area contributed by atoms with Crippen molar-refractivity contribution < 1.29 is 13.2 Å². The zero-order valence-electron chi connectivity index (χ0n) is 14.8. The fourth-order valence-corrected chi connectivity index (χ4v) is 3.13. The van der Waals surface area contributed by atoms with Crippen LogP contribution in [0.1, 0.15) is 16.7 Å². The fraction of sp³-hybridized carbons (Fsp3) is 0.158. The molecule has 4 rings (SSSR count). The van der Waals surface area contributed by atoms with Crippen LogP contribution in [-0.2, 0) is 19.3 Å². The molecule has 0 aliphatic heterocycles. The van der Waals surface area contributed by atoms with E-state index in [1.54, 1.807) is 12.1 Å². The predicted molar refractivity (Wildman–Crippen MR) is 101 cm³/mol. The van der Waals surface area contributed by atoms with Crippen LogP contribution in [0.3, 0.4) is 0 Å². The van der Waals surface area contributed by atoms with Gasteiger partial charge in [-0.15, -0.1) is 5.10 Å². The summed E-state index contributed by atoms with van der Waals surface area (Å²) < 4.78 is 41.3. The molecule has 2 heterocycles. The maximum atomic E-state index is 12.9. The van der Waals surface area contributed by atoms with Gasteiger partial charge in [-0.2, -0.15) is 13.2 Å². The van der Waals surface area contributed by atoms with Gasteiger partial charge in [0, 0.05) is 5.02 Å². The summed E-state index contributed by atoms with van der Waals surface area (Å²) in [5, 5.41) is 8.42. The van der Waals surface area contributed by atoms with Gasteiger partial charge in [0.1, 0.15) is 6.33 Å². The molecule has 2 aromatic heterocycles. The maximum Gasteiger partial charge on any atom is 0.416 e. The second kappa shape index (κ2) is 7.32. The Morgan fingerprint density at radius 1 is 1.03 bits per heavy atom. The molecule has 4 aromatic rings. The number of rotatable bonds is 4. The van der Waals surface area contributed by atoms with Crippen molar-refractivity contribution in [1.29, 1.82) is 0 Å². The summed E-state index contributed by atoms with van der Waals surface area (Å²) in [5.41, 5.74) is 0.157. The number of alkyl halides is 3. The number of hydrogen-bond donors (Lipinski definition) is 0. The minimum Gasteiger partial charge on any atom is -0.293 e. The van der Waals surface area contributed by atoms with E-state index in [4.69, 9.17) is 11.6 Å². The van der Waals surface area contributed by atoms with Crippen LogP contribution in [-0.4, -0.2) is 24.5 Å². The van der Waals surface area contributed by atoms with Crippen molar-refractivity contribution in [2.24, 2.45) is 0 Å². The van der Waals surface area contributed by atoms with Crippen LogP contribution in [0.25, 0.3) is 11.2 Å². The molecule has 6 nitrogen and oxygen atoms in total. The van der Waals surface area contributed by atoms with Crippen molar-refractivity contribution in [3.05, 3.63) is 86.9 Å². The van der Waals surface area contributed by atoms with Gasteiger partial charge in [-0.25, -0.2) is 9.67 Å². The Balaban J connectivity index is 1.66. The summed E-state index contributed by atoms with van der Waals surface area (Å²) in [6.07, 6.45) is -3.18. The van der Waals surface area contributed by atoms with Crippen LogP contribution in [0.4, 0.5) is 13.2 Å². The number of aromatic nitrogens is 5. The number of nitrogens with zero attached hydrogens (tertiary/aromatic N) is 5. The Bertz CT molecular complexity index is 1250. The van der Waals surface area contributed by atoms with E-state index in [2.05, 4.69) is 15.3 Å². The third-order valence-electron chi connectivity index (χ3n) is 4.38. The van der Waals surface area contributed by atoms with Gasteiger partial charge >= 0.3 is 6.18 Å². The molecule has 2 aromatic carbocycles. The molecule has 0 atom stereocenters. The van der Waals surface area contributed by atoms with Crippen molar-refractivity contribution >= 4 is 22.8 Å². The fourth-order valence-electron chi connectivity index (χ4n) is 2.94. The lowest BCUT2D eigenvalue weighted by Crippen LogP contribution is -2.22. The lowest BCUT2D eigenvalue weighted by atomic mass is 10.1. The molecular formula is C19H13ClF3N5O. The SMILES string of the molecule is O=c1c2nnn(Cc3ccccc3Cl)c2ncn1Cc1cccc(C(F)(F)F)c1. The zero-order chi connectivity index (χ0) is 20.6. The van der Waals surface area contributed by atoms with Crippen LogP contribution in [0.15, 0.2) is 59.7 Å². The summed E-state index contributed by atoms with van der Waals surface area (Å²) in [4.78, 5) is 16.9. The third kappa shape index (κ3) is 3.86. The molecule has 0 bridgehead atoms. The molecule has 0 saturated heterocycles. The lowest BCUT2D eigenvalue weighted by Gasteiger charge is -2.10. The summed E-state index contributed by atoms with van der Waals surface area (Å²) >= 11 is 6.16.